The van der Waals surface area contributed by atoms with Crippen LogP contribution in [0, 0.1) is 0 Å². The predicted molar refractivity (Wildman–Crippen MR) is 83.8 cm³/mol. The number of benzene rings is 2. The van der Waals surface area contributed by atoms with Gasteiger partial charge in [0.1, 0.15) is 5.75 Å². The number of aliphatic carboxylic acids is 1. The van der Waals surface area contributed by atoms with Crippen molar-refractivity contribution >= 4 is 23.4 Å². The second kappa shape index (κ2) is 7.09. The van der Waals surface area contributed by atoms with Gasteiger partial charge in [0.05, 0.1) is 13.0 Å². The van der Waals surface area contributed by atoms with Crippen LogP contribution in [-0.4, -0.2) is 24.0 Å². The molecule has 0 unspecified atom stereocenters. The number of carboxylic acids is 1. The lowest BCUT2D eigenvalue weighted by Crippen LogP contribution is -2.16. The van der Waals surface area contributed by atoms with Crippen LogP contribution in [0.15, 0.2) is 48.5 Å². The number of halogens is 1. The molecule has 0 amide bonds. The maximum atomic E-state index is 12.3. The SMILES string of the molecule is COc1cccc(C(=O)C[C@H](C(=O)O)c2ccc(Cl)cc2)c1. The lowest BCUT2D eigenvalue weighted by molar-refractivity contribution is -0.138. The molecule has 114 valence electrons. The summed E-state index contributed by atoms with van der Waals surface area (Å²) in [4.78, 5) is 23.8. The topological polar surface area (TPSA) is 63.6 Å². The van der Waals surface area contributed by atoms with Crippen LogP contribution in [0.2, 0.25) is 5.02 Å². The van der Waals surface area contributed by atoms with Crippen LogP contribution >= 0.6 is 11.6 Å². The maximum Gasteiger partial charge on any atom is 0.311 e. The number of carboxylic acid groups (broad SMARTS) is 1. The van der Waals surface area contributed by atoms with E-state index in [1.165, 1.54) is 7.11 Å². The molecule has 0 aliphatic rings. The zero-order chi connectivity index (χ0) is 16.1. The Bertz CT molecular complexity index is 679. The van der Waals surface area contributed by atoms with Gasteiger partial charge in [-0.2, -0.15) is 0 Å². The Morgan fingerprint density at radius 2 is 1.86 bits per heavy atom. The standard InChI is InChI=1S/C17H15ClO4/c1-22-14-4-2-3-12(9-14)16(19)10-15(17(20)21)11-5-7-13(18)8-6-11/h2-9,15H,10H2,1H3,(H,20,21)/t15-/m0/s1. The number of rotatable bonds is 6. The first-order valence-electron chi connectivity index (χ1n) is 6.67. The molecule has 0 aliphatic heterocycles. The third-order valence-electron chi connectivity index (χ3n) is 3.35. The Labute approximate surface area is 133 Å². The molecule has 0 fully saturated rings. The summed E-state index contributed by atoms with van der Waals surface area (Å²) in [7, 11) is 1.51. The van der Waals surface area contributed by atoms with Gasteiger partial charge in [-0.05, 0) is 29.8 Å². The van der Waals surface area contributed by atoms with E-state index in [0.717, 1.165) is 0 Å². The van der Waals surface area contributed by atoms with Gasteiger partial charge in [0.25, 0.3) is 0 Å². The third kappa shape index (κ3) is 3.86. The van der Waals surface area contributed by atoms with E-state index < -0.39 is 11.9 Å². The normalized spacial score (nSPS) is 11.7. The summed E-state index contributed by atoms with van der Waals surface area (Å²) in [6.07, 6.45) is -0.121. The van der Waals surface area contributed by atoms with Gasteiger partial charge >= 0.3 is 5.97 Å². The molecule has 0 bridgehead atoms. The Kier molecular flexibility index (Phi) is 5.17. The quantitative estimate of drug-likeness (QED) is 0.823. The second-order valence-corrected chi connectivity index (χ2v) is 5.24. The Morgan fingerprint density at radius 1 is 1.18 bits per heavy atom. The molecule has 5 heteroatoms. The summed E-state index contributed by atoms with van der Waals surface area (Å²) in [6, 6.07) is 13.1. The summed E-state index contributed by atoms with van der Waals surface area (Å²) in [5.41, 5.74) is 0.979. The highest BCUT2D eigenvalue weighted by atomic mass is 35.5. The Balaban J connectivity index is 2.22. The van der Waals surface area contributed by atoms with Gasteiger partial charge in [0.2, 0.25) is 0 Å². The van der Waals surface area contributed by atoms with E-state index >= 15 is 0 Å². The summed E-state index contributed by atoms with van der Waals surface area (Å²) < 4.78 is 5.07. The molecule has 2 aromatic rings. The monoisotopic (exact) mass is 318 g/mol. The lowest BCUT2D eigenvalue weighted by Gasteiger charge is -2.12. The number of carbonyl (C=O) groups is 2. The van der Waals surface area contributed by atoms with Crippen molar-refractivity contribution < 1.29 is 19.4 Å². The minimum absolute atomic E-state index is 0.121. The van der Waals surface area contributed by atoms with Gasteiger partial charge < -0.3 is 9.84 Å². The number of Topliss-reactive ketones (excluding diaryl/α,β-unsaturated/α-hetero) is 1. The molecule has 0 spiro atoms. The highest BCUT2D eigenvalue weighted by Crippen LogP contribution is 2.25. The van der Waals surface area contributed by atoms with Crippen molar-refractivity contribution in [1.82, 2.24) is 0 Å². The zero-order valence-electron chi connectivity index (χ0n) is 12.0. The van der Waals surface area contributed by atoms with Crippen LogP contribution in [0.25, 0.3) is 0 Å². The largest absolute Gasteiger partial charge is 0.497 e. The second-order valence-electron chi connectivity index (χ2n) is 4.80. The van der Waals surface area contributed by atoms with Crippen molar-refractivity contribution in [2.24, 2.45) is 0 Å². The molecule has 2 rings (SSSR count). The molecule has 0 saturated carbocycles. The van der Waals surface area contributed by atoms with E-state index in [0.29, 0.717) is 21.9 Å². The highest BCUT2D eigenvalue weighted by Gasteiger charge is 2.24. The van der Waals surface area contributed by atoms with Crippen molar-refractivity contribution in [3.05, 3.63) is 64.7 Å². The molecule has 22 heavy (non-hydrogen) atoms. The third-order valence-corrected chi connectivity index (χ3v) is 3.60. The summed E-state index contributed by atoms with van der Waals surface area (Å²) in [5.74, 6) is -1.64. The highest BCUT2D eigenvalue weighted by molar-refractivity contribution is 6.30. The molecule has 0 aromatic heterocycles. The van der Waals surface area contributed by atoms with Gasteiger partial charge in [-0.3, -0.25) is 9.59 Å². The van der Waals surface area contributed by atoms with Crippen molar-refractivity contribution in [3.8, 4) is 5.75 Å². The molecule has 0 aliphatic carbocycles. The van der Waals surface area contributed by atoms with Gasteiger partial charge in [-0.25, -0.2) is 0 Å². The number of ether oxygens (including phenoxy) is 1. The maximum absolute atomic E-state index is 12.3. The van der Waals surface area contributed by atoms with Crippen LogP contribution in [0.1, 0.15) is 28.3 Å². The predicted octanol–water partition coefficient (Wildman–Crippen LogP) is 3.79. The fourth-order valence-electron chi connectivity index (χ4n) is 2.14. The average Bonchev–Trinajstić information content (AvgIpc) is 2.53. The van der Waals surface area contributed by atoms with Gasteiger partial charge in [-0.15, -0.1) is 0 Å². The van der Waals surface area contributed by atoms with Crippen molar-refractivity contribution in [2.75, 3.05) is 7.11 Å². The number of carbonyl (C=O) groups excluding carboxylic acids is 1. The van der Waals surface area contributed by atoms with Crippen LogP contribution < -0.4 is 4.74 Å². The number of hydrogen-bond donors (Lipinski definition) is 1. The molecular formula is C17H15ClO4. The van der Waals surface area contributed by atoms with Gasteiger partial charge in [0.15, 0.2) is 5.78 Å². The fraction of sp³-hybridized carbons (Fsp3) is 0.176. The molecule has 0 radical (unpaired) electrons. The van der Waals surface area contributed by atoms with Gasteiger partial charge in [-0.1, -0.05) is 35.9 Å². The average molecular weight is 319 g/mol. The van der Waals surface area contributed by atoms with Crippen LogP contribution in [-0.2, 0) is 4.79 Å². The number of ketones is 1. The van der Waals surface area contributed by atoms with E-state index in [1.807, 2.05) is 0 Å². The molecule has 0 heterocycles. The minimum atomic E-state index is -1.04. The van der Waals surface area contributed by atoms with E-state index in [-0.39, 0.29) is 12.2 Å². The molecule has 1 N–H and O–H groups in total. The van der Waals surface area contributed by atoms with Crippen molar-refractivity contribution in [1.29, 1.82) is 0 Å². The smallest absolute Gasteiger partial charge is 0.311 e. The molecule has 2 aromatic carbocycles. The van der Waals surface area contributed by atoms with E-state index in [4.69, 9.17) is 16.3 Å². The van der Waals surface area contributed by atoms with Crippen LogP contribution in [0.4, 0.5) is 0 Å². The van der Waals surface area contributed by atoms with Crippen LogP contribution in [0.5, 0.6) is 5.75 Å². The van der Waals surface area contributed by atoms with Crippen molar-refractivity contribution in [3.63, 3.8) is 0 Å². The first kappa shape index (κ1) is 16.0. The van der Waals surface area contributed by atoms with E-state index in [1.54, 1.807) is 48.5 Å². The first-order chi connectivity index (χ1) is 10.5. The van der Waals surface area contributed by atoms with Crippen molar-refractivity contribution in [2.45, 2.75) is 12.3 Å². The Morgan fingerprint density at radius 3 is 2.45 bits per heavy atom. The first-order valence-corrected chi connectivity index (χ1v) is 7.04. The molecule has 4 nitrogen and oxygen atoms in total. The fourth-order valence-corrected chi connectivity index (χ4v) is 2.27. The Hall–Kier alpha value is -2.33. The summed E-state index contributed by atoms with van der Waals surface area (Å²) in [5, 5.41) is 9.90. The molecule has 0 saturated heterocycles. The van der Waals surface area contributed by atoms with Crippen LogP contribution in [0.3, 0.4) is 0 Å². The molecule has 1 atom stereocenters. The van der Waals surface area contributed by atoms with E-state index in [2.05, 4.69) is 0 Å². The van der Waals surface area contributed by atoms with E-state index in [9.17, 15) is 14.7 Å². The van der Waals surface area contributed by atoms with Gasteiger partial charge in [0, 0.05) is 17.0 Å². The summed E-state index contributed by atoms with van der Waals surface area (Å²) >= 11 is 5.80. The number of methoxy groups -OCH3 is 1. The zero-order valence-corrected chi connectivity index (χ0v) is 12.7. The lowest BCUT2D eigenvalue weighted by atomic mass is 9.91. The molecular weight excluding hydrogens is 304 g/mol. The summed E-state index contributed by atoms with van der Waals surface area (Å²) in [6.45, 7) is 0. The minimum Gasteiger partial charge on any atom is -0.497 e. The number of hydrogen-bond acceptors (Lipinski definition) is 3.